The summed E-state index contributed by atoms with van der Waals surface area (Å²) in [5.41, 5.74) is 4.84. The highest BCUT2D eigenvalue weighted by atomic mass is 16.5. The quantitative estimate of drug-likeness (QED) is 0.518. The molecule has 0 fully saturated rings. The molecule has 2 heterocycles. The van der Waals surface area contributed by atoms with Crippen LogP contribution in [0.5, 0.6) is 5.75 Å². The highest BCUT2D eigenvalue weighted by Crippen LogP contribution is 2.32. The standard InChI is InChI=1S/C23H20N4O/c1-28-19-10-6-16(7-11-19)21(14-26-18-9-8-17(12-24)25-13-18)22-15-27-23-5-3-2-4-20(22)23/h2-11,13,15,21,26-27H,14H2,1H3. The Kier molecular flexibility index (Phi) is 4.94. The molecule has 28 heavy (non-hydrogen) atoms. The Morgan fingerprint density at radius 2 is 1.93 bits per heavy atom. The predicted octanol–water partition coefficient (Wildman–Crippen LogP) is 4.69. The van der Waals surface area contributed by atoms with Crippen LogP contribution >= 0.6 is 0 Å². The monoisotopic (exact) mass is 368 g/mol. The van der Waals surface area contributed by atoms with Crippen molar-refractivity contribution in [2.75, 3.05) is 19.0 Å². The number of nitrogens with zero attached hydrogens (tertiary/aromatic N) is 2. The Balaban J connectivity index is 1.67. The lowest BCUT2D eigenvalue weighted by Crippen LogP contribution is -2.14. The first-order valence-electron chi connectivity index (χ1n) is 9.08. The topological polar surface area (TPSA) is 73.7 Å². The molecule has 0 aliphatic heterocycles. The molecule has 5 nitrogen and oxygen atoms in total. The minimum Gasteiger partial charge on any atom is -0.497 e. The van der Waals surface area contributed by atoms with E-state index in [0.717, 1.165) is 17.0 Å². The number of para-hydroxylation sites is 1. The molecule has 0 radical (unpaired) electrons. The summed E-state index contributed by atoms with van der Waals surface area (Å²) >= 11 is 0. The molecular formula is C23H20N4O. The number of methoxy groups -OCH3 is 1. The summed E-state index contributed by atoms with van der Waals surface area (Å²) in [6.45, 7) is 0.696. The van der Waals surface area contributed by atoms with Crippen LogP contribution in [0.15, 0.2) is 73.1 Å². The van der Waals surface area contributed by atoms with Gasteiger partial charge in [-0.1, -0.05) is 30.3 Å². The second-order valence-corrected chi connectivity index (χ2v) is 6.54. The smallest absolute Gasteiger partial charge is 0.140 e. The van der Waals surface area contributed by atoms with Crippen LogP contribution in [0.3, 0.4) is 0 Å². The number of hydrogen-bond donors (Lipinski definition) is 2. The molecule has 0 aliphatic carbocycles. The summed E-state index contributed by atoms with van der Waals surface area (Å²) in [6.07, 6.45) is 3.77. The number of aromatic nitrogens is 2. The summed E-state index contributed by atoms with van der Waals surface area (Å²) < 4.78 is 5.30. The molecule has 4 rings (SSSR count). The van der Waals surface area contributed by atoms with Crippen molar-refractivity contribution in [3.8, 4) is 11.8 Å². The molecule has 0 bridgehead atoms. The fourth-order valence-electron chi connectivity index (χ4n) is 3.41. The third-order valence-electron chi connectivity index (χ3n) is 4.90. The zero-order chi connectivity index (χ0) is 19.3. The van der Waals surface area contributed by atoms with Gasteiger partial charge < -0.3 is 15.0 Å². The number of rotatable bonds is 6. The Labute approximate surface area is 163 Å². The Morgan fingerprint density at radius 1 is 1.11 bits per heavy atom. The number of ether oxygens (including phenoxy) is 1. The van der Waals surface area contributed by atoms with E-state index >= 15 is 0 Å². The van der Waals surface area contributed by atoms with Crippen molar-refractivity contribution < 1.29 is 4.74 Å². The van der Waals surface area contributed by atoms with Crippen molar-refractivity contribution in [1.82, 2.24) is 9.97 Å². The highest BCUT2D eigenvalue weighted by Gasteiger charge is 2.18. The first-order valence-corrected chi connectivity index (χ1v) is 9.08. The van der Waals surface area contributed by atoms with Gasteiger partial charge in [-0.2, -0.15) is 5.26 Å². The third kappa shape index (κ3) is 3.53. The molecule has 138 valence electrons. The molecule has 2 N–H and O–H groups in total. The number of pyridine rings is 1. The maximum absolute atomic E-state index is 8.92. The number of anilines is 1. The number of hydrogen-bond acceptors (Lipinski definition) is 4. The molecular weight excluding hydrogens is 348 g/mol. The second kappa shape index (κ2) is 7.85. The highest BCUT2D eigenvalue weighted by molar-refractivity contribution is 5.84. The number of aromatic amines is 1. The Hall–Kier alpha value is -3.78. The average Bonchev–Trinajstić information content (AvgIpc) is 3.19. The minimum absolute atomic E-state index is 0.137. The van der Waals surface area contributed by atoms with Gasteiger partial charge in [0.15, 0.2) is 0 Å². The van der Waals surface area contributed by atoms with Gasteiger partial charge in [0, 0.05) is 29.6 Å². The largest absolute Gasteiger partial charge is 0.497 e. The van der Waals surface area contributed by atoms with E-state index < -0.39 is 0 Å². The summed E-state index contributed by atoms with van der Waals surface area (Å²) in [5, 5.41) is 13.6. The summed E-state index contributed by atoms with van der Waals surface area (Å²) in [6, 6.07) is 22.1. The van der Waals surface area contributed by atoms with Crippen molar-refractivity contribution in [2.45, 2.75) is 5.92 Å². The van der Waals surface area contributed by atoms with Gasteiger partial charge in [-0.15, -0.1) is 0 Å². The van der Waals surface area contributed by atoms with Crippen molar-refractivity contribution in [1.29, 1.82) is 5.26 Å². The molecule has 0 amide bonds. The van der Waals surface area contributed by atoms with Gasteiger partial charge in [-0.3, -0.25) is 0 Å². The van der Waals surface area contributed by atoms with Gasteiger partial charge in [-0.05, 0) is 41.5 Å². The maximum atomic E-state index is 8.92. The van der Waals surface area contributed by atoms with Gasteiger partial charge in [-0.25, -0.2) is 4.98 Å². The molecule has 1 atom stereocenters. The first kappa shape index (κ1) is 17.6. The third-order valence-corrected chi connectivity index (χ3v) is 4.90. The lowest BCUT2D eigenvalue weighted by Gasteiger charge is -2.19. The second-order valence-electron chi connectivity index (χ2n) is 6.54. The van der Waals surface area contributed by atoms with Crippen molar-refractivity contribution >= 4 is 16.6 Å². The van der Waals surface area contributed by atoms with Gasteiger partial charge in [0.1, 0.15) is 17.5 Å². The Morgan fingerprint density at radius 3 is 2.64 bits per heavy atom. The van der Waals surface area contributed by atoms with Gasteiger partial charge in [0.25, 0.3) is 0 Å². The van der Waals surface area contributed by atoms with Crippen molar-refractivity contribution in [3.63, 3.8) is 0 Å². The molecule has 1 unspecified atom stereocenters. The van der Waals surface area contributed by atoms with E-state index in [2.05, 4.69) is 51.8 Å². The van der Waals surface area contributed by atoms with E-state index in [1.54, 1.807) is 19.4 Å². The van der Waals surface area contributed by atoms with Crippen LogP contribution in [-0.2, 0) is 0 Å². The van der Waals surface area contributed by atoms with Crippen LogP contribution in [0, 0.1) is 11.3 Å². The number of nitrogens with one attached hydrogen (secondary N) is 2. The summed E-state index contributed by atoms with van der Waals surface area (Å²) in [5.74, 6) is 0.975. The lowest BCUT2D eigenvalue weighted by molar-refractivity contribution is 0.414. The average molecular weight is 368 g/mol. The van der Waals surface area contributed by atoms with Gasteiger partial charge in [0.2, 0.25) is 0 Å². The number of H-pyrrole nitrogens is 1. The van der Waals surface area contributed by atoms with E-state index in [0.29, 0.717) is 12.2 Å². The maximum Gasteiger partial charge on any atom is 0.140 e. The number of nitriles is 1. The normalized spacial score (nSPS) is 11.7. The summed E-state index contributed by atoms with van der Waals surface area (Å²) in [7, 11) is 1.67. The van der Waals surface area contributed by atoms with Gasteiger partial charge >= 0.3 is 0 Å². The van der Waals surface area contributed by atoms with E-state index in [1.165, 1.54) is 16.5 Å². The molecule has 0 saturated carbocycles. The number of fused-ring (bicyclic) bond motifs is 1. The minimum atomic E-state index is 0.137. The first-order chi connectivity index (χ1) is 13.8. The van der Waals surface area contributed by atoms with Crippen LogP contribution in [0.2, 0.25) is 0 Å². The van der Waals surface area contributed by atoms with Crippen LogP contribution in [0.25, 0.3) is 10.9 Å². The van der Waals surface area contributed by atoms with E-state index in [-0.39, 0.29) is 5.92 Å². The molecule has 0 spiro atoms. The molecule has 2 aromatic heterocycles. The molecule has 2 aromatic carbocycles. The zero-order valence-corrected chi connectivity index (χ0v) is 15.5. The summed E-state index contributed by atoms with van der Waals surface area (Å²) in [4.78, 5) is 7.51. The van der Waals surface area contributed by atoms with Crippen LogP contribution < -0.4 is 10.1 Å². The zero-order valence-electron chi connectivity index (χ0n) is 15.5. The number of benzene rings is 2. The lowest BCUT2D eigenvalue weighted by atomic mass is 9.90. The fraction of sp³-hybridized carbons (Fsp3) is 0.130. The molecule has 4 aromatic rings. The molecule has 0 saturated heterocycles. The van der Waals surface area contributed by atoms with Crippen molar-refractivity contribution in [2.24, 2.45) is 0 Å². The van der Waals surface area contributed by atoms with Crippen LogP contribution in [0.4, 0.5) is 5.69 Å². The van der Waals surface area contributed by atoms with E-state index in [4.69, 9.17) is 10.00 Å². The Bertz CT molecular complexity index is 1110. The van der Waals surface area contributed by atoms with E-state index in [9.17, 15) is 0 Å². The molecule has 5 heteroatoms. The van der Waals surface area contributed by atoms with E-state index in [1.807, 2.05) is 30.3 Å². The SMILES string of the molecule is COc1ccc(C(CNc2ccc(C#N)nc2)c2c[nH]c3ccccc23)cc1. The fourth-order valence-corrected chi connectivity index (χ4v) is 3.41. The van der Waals surface area contributed by atoms with Gasteiger partial charge in [0.05, 0.1) is 19.0 Å². The molecule has 0 aliphatic rings. The van der Waals surface area contributed by atoms with Crippen LogP contribution in [-0.4, -0.2) is 23.6 Å². The van der Waals surface area contributed by atoms with Crippen molar-refractivity contribution in [3.05, 3.63) is 89.9 Å². The van der Waals surface area contributed by atoms with Crippen LogP contribution in [0.1, 0.15) is 22.7 Å². The predicted molar refractivity (Wildman–Crippen MR) is 111 cm³/mol.